The van der Waals surface area contributed by atoms with Crippen molar-refractivity contribution >= 4 is 11.3 Å². The maximum absolute atomic E-state index is 5.83. The fourth-order valence-corrected chi connectivity index (χ4v) is 3.48. The Morgan fingerprint density at radius 3 is 2.67 bits per heavy atom. The normalized spacial score (nSPS) is 17.9. The van der Waals surface area contributed by atoms with Crippen LogP contribution in [0.3, 0.4) is 0 Å². The molecule has 110 valence electrons. The zero-order valence-electron chi connectivity index (χ0n) is 12.0. The molecular formula is C17H20N2OS. The fourth-order valence-electron chi connectivity index (χ4n) is 2.46. The van der Waals surface area contributed by atoms with Gasteiger partial charge in [-0.15, -0.1) is 11.3 Å². The van der Waals surface area contributed by atoms with E-state index in [-0.39, 0.29) is 0 Å². The van der Waals surface area contributed by atoms with Crippen LogP contribution in [-0.4, -0.2) is 11.0 Å². The largest absolute Gasteiger partial charge is 0.486 e. The minimum absolute atomic E-state index is 0.581. The minimum Gasteiger partial charge on any atom is -0.486 e. The van der Waals surface area contributed by atoms with E-state index in [4.69, 9.17) is 9.72 Å². The smallest absolute Gasteiger partial charge is 0.140 e. The zero-order valence-corrected chi connectivity index (χ0v) is 12.9. The predicted octanol–water partition coefficient (Wildman–Crippen LogP) is 3.85. The lowest BCUT2D eigenvalue weighted by molar-refractivity contribution is 0.305. The molecule has 1 heterocycles. The van der Waals surface area contributed by atoms with Gasteiger partial charge in [0.05, 0.1) is 5.69 Å². The highest BCUT2D eigenvalue weighted by Gasteiger charge is 2.30. The number of nitrogens with one attached hydrogen (secondary N) is 1. The number of para-hydroxylation sites is 1. The quantitative estimate of drug-likeness (QED) is 0.843. The van der Waals surface area contributed by atoms with Crippen molar-refractivity contribution in [1.82, 2.24) is 10.3 Å². The van der Waals surface area contributed by atoms with E-state index in [2.05, 4.69) is 5.32 Å². The molecule has 1 aromatic heterocycles. The number of hydrogen-bond acceptors (Lipinski definition) is 4. The van der Waals surface area contributed by atoms with Crippen LogP contribution in [0.1, 0.15) is 47.2 Å². The lowest BCUT2D eigenvalue weighted by Gasteiger charge is -2.02. The highest BCUT2D eigenvalue weighted by atomic mass is 32.1. The summed E-state index contributed by atoms with van der Waals surface area (Å²) in [6.07, 6.45) is 5.28. The number of rotatable bonds is 7. The molecule has 0 saturated heterocycles. The zero-order chi connectivity index (χ0) is 14.1. The number of hydrogen-bond donors (Lipinski definition) is 1. The Morgan fingerprint density at radius 1 is 1.14 bits per heavy atom. The van der Waals surface area contributed by atoms with Gasteiger partial charge >= 0.3 is 0 Å². The van der Waals surface area contributed by atoms with Crippen LogP contribution in [0.2, 0.25) is 0 Å². The van der Waals surface area contributed by atoms with E-state index in [9.17, 15) is 0 Å². The molecule has 2 aliphatic carbocycles. The molecule has 2 saturated carbocycles. The van der Waals surface area contributed by atoms with E-state index < -0.39 is 0 Å². The maximum Gasteiger partial charge on any atom is 0.140 e. The van der Waals surface area contributed by atoms with Crippen LogP contribution in [0, 0.1) is 0 Å². The van der Waals surface area contributed by atoms with Gasteiger partial charge in [-0.2, -0.15) is 0 Å². The van der Waals surface area contributed by atoms with Crippen molar-refractivity contribution < 1.29 is 4.74 Å². The standard InChI is InChI=1S/C17H20N2OS/c1-2-4-14(5-3-1)20-11-16-19-17(12-6-7-12)15(21-16)10-18-13-8-9-13/h1-5,12-13,18H,6-11H2. The van der Waals surface area contributed by atoms with Crippen molar-refractivity contribution in [2.45, 2.75) is 50.8 Å². The van der Waals surface area contributed by atoms with E-state index in [0.717, 1.165) is 23.3 Å². The molecule has 0 amide bonds. The molecule has 0 spiro atoms. The van der Waals surface area contributed by atoms with Crippen LogP contribution in [0.5, 0.6) is 5.75 Å². The third-order valence-electron chi connectivity index (χ3n) is 3.97. The monoisotopic (exact) mass is 300 g/mol. The number of thiazole rings is 1. The van der Waals surface area contributed by atoms with Crippen molar-refractivity contribution in [1.29, 1.82) is 0 Å². The number of benzene rings is 1. The predicted molar refractivity (Wildman–Crippen MR) is 84.7 cm³/mol. The van der Waals surface area contributed by atoms with Gasteiger partial charge in [-0.1, -0.05) is 18.2 Å². The van der Waals surface area contributed by atoms with Gasteiger partial charge in [0.25, 0.3) is 0 Å². The van der Waals surface area contributed by atoms with Gasteiger partial charge in [0, 0.05) is 23.4 Å². The van der Waals surface area contributed by atoms with Crippen LogP contribution in [0.15, 0.2) is 30.3 Å². The molecule has 2 aliphatic rings. The molecule has 0 unspecified atom stereocenters. The Bertz CT molecular complexity index is 603. The van der Waals surface area contributed by atoms with Crippen molar-refractivity contribution in [3.05, 3.63) is 45.9 Å². The summed E-state index contributed by atoms with van der Waals surface area (Å²) in [6.45, 7) is 1.57. The highest BCUT2D eigenvalue weighted by molar-refractivity contribution is 7.11. The van der Waals surface area contributed by atoms with Gasteiger partial charge in [-0.3, -0.25) is 0 Å². The third kappa shape index (κ3) is 3.44. The second-order valence-corrected chi connectivity index (χ2v) is 7.12. The number of aromatic nitrogens is 1. The van der Waals surface area contributed by atoms with Crippen molar-refractivity contribution in [3.63, 3.8) is 0 Å². The summed E-state index contributed by atoms with van der Waals surface area (Å²) >= 11 is 1.82. The summed E-state index contributed by atoms with van der Waals surface area (Å²) in [6, 6.07) is 10.7. The molecule has 1 aromatic carbocycles. The van der Waals surface area contributed by atoms with Gasteiger partial charge < -0.3 is 10.1 Å². The molecule has 0 radical (unpaired) electrons. The van der Waals surface area contributed by atoms with Crippen LogP contribution in [0.25, 0.3) is 0 Å². The molecule has 1 N–H and O–H groups in total. The molecule has 0 bridgehead atoms. The van der Waals surface area contributed by atoms with E-state index in [1.165, 1.54) is 36.3 Å². The number of ether oxygens (including phenoxy) is 1. The third-order valence-corrected chi connectivity index (χ3v) is 5.01. The van der Waals surface area contributed by atoms with E-state index in [0.29, 0.717) is 12.5 Å². The van der Waals surface area contributed by atoms with Crippen molar-refractivity contribution in [2.75, 3.05) is 0 Å². The Labute approximate surface area is 129 Å². The van der Waals surface area contributed by atoms with Crippen LogP contribution in [-0.2, 0) is 13.2 Å². The molecule has 0 atom stereocenters. The molecule has 2 aromatic rings. The van der Waals surface area contributed by atoms with Gasteiger partial charge in [0.2, 0.25) is 0 Å². The fraction of sp³-hybridized carbons (Fsp3) is 0.471. The van der Waals surface area contributed by atoms with Crippen LogP contribution >= 0.6 is 11.3 Å². The molecule has 2 fully saturated rings. The summed E-state index contributed by atoms with van der Waals surface area (Å²) in [5.41, 5.74) is 1.33. The molecule has 4 heteroatoms. The Kier molecular flexibility index (Phi) is 3.65. The van der Waals surface area contributed by atoms with E-state index in [1.54, 1.807) is 0 Å². The summed E-state index contributed by atoms with van der Waals surface area (Å²) in [5.74, 6) is 1.63. The first kappa shape index (κ1) is 13.3. The first-order valence-electron chi connectivity index (χ1n) is 7.78. The Balaban J connectivity index is 1.43. The lowest BCUT2D eigenvalue weighted by atomic mass is 10.2. The second-order valence-electron chi connectivity index (χ2n) is 5.95. The summed E-state index contributed by atoms with van der Waals surface area (Å²) in [7, 11) is 0. The topological polar surface area (TPSA) is 34.1 Å². The molecular weight excluding hydrogens is 280 g/mol. The van der Waals surface area contributed by atoms with E-state index in [1.807, 2.05) is 41.7 Å². The average molecular weight is 300 g/mol. The second kappa shape index (κ2) is 5.78. The van der Waals surface area contributed by atoms with Gasteiger partial charge in [-0.25, -0.2) is 4.98 Å². The Hall–Kier alpha value is -1.39. The van der Waals surface area contributed by atoms with Gasteiger partial charge in [-0.05, 0) is 37.8 Å². The van der Waals surface area contributed by atoms with Gasteiger partial charge in [0.1, 0.15) is 17.4 Å². The molecule has 4 rings (SSSR count). The first-order valence-corrected chi connectivity index (χ1v) is 8.60. The average Bonchev–Trinajstić information content (AvgIpc) is 3.43. The highest BCUT2D eigenvalue weighted by Crippen LogP contribution is 2.43. The van der Waals surface area contributed by atoms with Gasteiger partial charge in [0.15, 0.2) is 0 Å². The van der Waals surface area contributed by atoms with Crippen molar-refractivity contribution in [3.8, 4) is 5.75 Å². The first-order chi connectivity index (χ1) is 10.4. The van der Waals surface area contributed by atoms with E-state index >= 15 is 0 Å². The summed E-state index contributed by atoms with van der Waals surface area (Å²) in [5, 5.41) is 4.72. The lowest BCUT2D eigenvalue weighted by Crippen LogP contribution is -2.15. The SMILES string of the molecule is c1ccc(OCc2nc(C3CC3)c(CNC3CC3)s2)cc1. The summed E-state index contributed by atoms with van der Waals surface area (Å²) < 4.78 is 5.83. The molecule has 0 aliphatic heterocycles. The number of nitrogens with zero attached hydrogens (tertiary/aromatic N) is 1. The van der Waals surface area contributed by atoms with Crippen LogP contribution < -0.4 is 10.1 Å². The molecule has 3 nitrogen and oxygen atoms in total. The minimum atomic E-state index is 0.581. The Morgan fingerprint density at radius 2 is 1.95 bits per heavy atom. The van der Waals surface area contributed by atoms with Crippen LogP contribution in [0.4, 0.5) is 0 Å². The maximum atomic E-state index is 5.83. The van der Waals surface area contributed by atoms with Crippen molar-refractivity contribution in [2.24, 2.45) is 0 Å². The molecule has 21 heavy (non-hydrogen) atoms. The summed E-state index contributed by atoms with van der Waals surface area (Å²) in [4.78, 5) is 6.27.